The lowest BCUT2D eigenvalue weighted by Crippen LogP contribution is -2.29. The molecule has 4 rings (SSSR count). The van der Waals surface area contributed by atoms with Gasteiger partial charge in [-0.15, -0.1) is 11.3 Å². The van der Waals surface area contributed by atoms with E-state index in [2.05, 4.69) is 0 Å². The summed E-state index contributed by atoms with van der Waals surface area (Å²) in [6.07, 6.45) is 2.17. The van der Waals surface area contributed by atoms with Gasteiger partial charge in [0.15, 0.2) is 0 Å². The van der Waals surface area contributed by atoms with Crippen molar-refractivity contribution in [3.63, 3.8) is 0 Å². The number of rotatable bonds is 6. The summed E-state index contributed by atoms with van der Waals surface area (Å²) in [5.41, 5.74) is 0.550. The lowest BCUT2D eigenvalue weighted by atomic mass is 9.92. The third-order valence-electron chi connectivity index (χ3n) is 5.24. The van der Waals surface area contributed by atoms with Crippen molar-refractivity contribution in [2.45, 2.75) is 19.4 Å². The van der Waals surface area contributed by atoms with Crippen molar-refractivity contribution in [3.05, 3.63) is 52.2 Å². The van der Waals surface area contributed by atoms with E-state index in [4.69, 9.17) is 4.74 Å². The Balaban J connectivity index is 1.44. The predicted molar refractivity (Wildman–Crippen MR) is 98.3 cm³/mol. The molecule has 1 saturated heterocycles. The van der Waals surface area contributed by atoms with Crippen molar-refractivity contribution in [1.29, 1.82) is 0 Å². The van der Waals surface area contributed by atoms with Crippen LogP contribution in [-0.2, 0) is 11.4 Å². The molecular weight excluding hydrogens is 350 g/mol. The van der Waals surface area contributed by atoms with Gasteiger partial charge in [0.25, 0.3) is 5.91 Å². The van der Waals surface area contributed by atoms with Crippen LogP contribution < -0.4 is 4.74 Å². The van der Waals surface area contributed by atoms with E-state index in [9.17, 15) is 14.7 Å². The number of carboxylic acid groups (broad SMARTS) is 1. The molecule has 0 unspecified atom stereocenters. The van der Waals surface area contributed by atoms with Crippen LogP contribution in [0.3, 0.4) is 0 Å². The number of aliphatic carboxylic acids is 1. The molecule has 2 aliphatic rings. The molecule has 1 aliphatic carbocycles. The minimum atomic E-state index is -0.787. The van der Waals surface area contributed by atoms with Crippen LogP contribution in [0.2, 0.25) is 0 Å². The van der Waals surface area contributed by atoms with Crippen LogP contribution in [0.5, 0.6) is 5.75 Å². The van der Waals surface area contributed by atoms with Crippen LogP contribution in [0.1, 0.15) is 28.1 Å². The molecule has 0 spiro atoms. The van der Waals surface area contributed by atoms with Crippen LogP contribution in [0.15, 0.2) is 41.8 Å². The summed E-state index contributed by atoms with van der Waals surface area (Å²) in [7, 11) is 0. The first-order chi connectivity index (χ1) is 12.6. The predicted octanol–water partition coefficient (Wildman–Crippen LogP) is 3.51. The molecule has 1 aliphatic heterocycles. The summed E-state index contributed by atoms with van der Waals surface area (Å²) >= 11 is 1.63. The minimum Gasteiger partial charge on any atom is -0.488 e. The molecule has 1 amide bonds. The molecule has 0 bridgehead atoms. The Labute approximate surface area is 156 Å². The van der Waals surface area contributed by atoms with Gasteiger partial charge in [0, 0.05) is 23.5 Å². The van der Waals surface area contributed by atoms with Gasteiger partial charge in [-0.05, 0) is 54.3 Å². The van der Waals surface area contributed by atoms with E-state index in [-0.39, 0.29) is 11.8 Å². The van der Waals surface area contributed by atoms with Gasteiger partial charge in [-0.3, -0.25) is 9.59 Å². The first-order valence-electron chi connectivity index (χ1n) is 8.89. The van der Waals surface area contributed by atoms with Gasteiger partial charge in [0.1, 0.15) is 12.4 Å². The molecule has 1 aromatic carbocycles. The highest BCUT2D eigenvalue weighted by Crippen LogP contribution is 2.44. The lowest BCUT2D eigenvalue weighted by molar-refractivity contribution is -0.142. The number of nitrogens with zero attached hydrogens (tertiary/aromatic N) is 1. The summed E-state index contributed by atoms with van der Waals surface area (Å²) in [5.74, 6) is -0.128. The minimum absolute atomic E-state index is 0.0923. The molecule has 26 heavy (non-hydrogen) atoms. The van der Waals surface area contributed by atoms with Crippen molar-refractivity contribution in [2.24, 2.45) is 17.8 Å². The van der Waals surface area contributed by atoms with Gasteiger partial charge in [-0.25, -0.2) is 0 Å². The Morgan fingerprint density at radius 2 is 2.04 bits per heavy atom. The molecule has 2 atom stereocenters. The number of carboxylic acids is 1. The van der Waals surface area contributed by atoms with Gasteiger partial charge >= 0.3 is 5.97 Å². The van der Waals surface area contributed by atoms with E-state index in [1.54, 1.807) is 34.4 Å². The van der Waals surface area contributed by atoms with Crippen molar-refractivity contribution < 1.29 is 19.4 Å². The van der Waals surface area contributed by atoms with E-state index < -0.39 is 11.9 Å². The van der Waals surface area contributed by atoms with Gasteiger partial charge in [-0.1, -0.05) is 12.1 Å². The van der Waals surface area contributed by atoms with Gasteiger partial charge in [0.05, 0.1) is 5.92 Å². The second-order valence-electron chi connectivity index (χ2n) is 7.05. The van der Waals surface area contributed by atoms with E-state index in [0.717, 1.165) is 17.7 Å². The highest BCUT2D eigenvalue weighted by Gasteiger charge is 2.46. The third kappa shape index (κ3) is 3.60. The smallest absolute Gasteiger partial charge is 0.308 e. The SMILES string of the molecule is O=C(O)[C@H]1CN(C(=O)c2cccc(OCc3cccs3)c2)C[C@@H]1C1CC1. The number of likely N-dealkylation sites (tertiary alicyclic amines) is 1. The lowest BCUT2D eigenvalue weighted by Gasteiger charge is -2.17. The number of carbonyl (C=O) groups excluding carboxylic acids is 1. The van der Waals surface area contributed by atoms with Crippen molar-refractivity contribution in [1.82, 2.24) is 4.90 Å². The molecule has 1 N–H and O–H groups in total. The zero-order chi connectivity index (χ0) is 18.1. The van der Waals surface area contributed by atoms with Gasteiger partial charge in [-0.2, -0.15) is 0 Å². The fourth-order valence-corrected chi connectivity index (χ4v) is 4.32. The number of hydrogen-bond donors (Lipinski definition) is 1. The van der Waals surface area contributed by atoms with Gasteiger partial charge < -0.3 is 14.7 Å². The average Bonchev–Trinajstić information content (AvgIpc) is 3.18. The Bertz CT molecular complexity index is 800. The molecule has 6 heteroatoms. The molecule has 1 aromatic heterocycles. The topological polar surface area (TPSA) is 66.8 Å². The largest absolute Gasteiger partial charge is 0.488 e. The molecule has 2 heterocycles. The third-order valence-corrected chi connectivity index (χ3v) is 6.09. The van der Waals surface area contributed by atoms with E-state index >= 15 is 0 Å². The van der Waals surface area contributed by atoms with Crippen LogP contribution >= 0.6 is 11.3 Å². The Morgan fingerprint density at radius 3 is 2.73 bits per heavy atom. The van der Waals surface area contributed by atoms with E-state index in [0.29, 0.717) is 36.9 Å². The zero-order valence-electron chi connectivity index (χ0n) is 14.3. The number of hydrogen-bond acceptors (Lipinski definition) is 4. The fourth-order valence-electron chi connectivity index (χ4n) is 3.71. The molecule has 0 radical (unpaired) electrons. The summed E-state index contributed by atoms with van der Waals surface area (Å²) in [6.45, 7) is 1.32. The van der Waals surface area contributed by atoms with E-state index in [1.807, 2.05) is 23.6 Å². The van der Waals surface area contributed by atoms with Crippen molar-refractivity contribution in [2.75, 3.05) is 13.1 Å². The van der Waals surface area contributed by atoms with E-state index in [1.165, 1.54) is 0 Å². The molecule has 2 fully saturated rings. The standard InChI is InChI=1S/C20H21NO4S/c22-19(21-10-17(13-6-7-13)18(11-21)20(23)24)14-3-1-4-15(9-14)25-12-16-5-2-8-26-16/h1-5,8-9,13,17-18H,6-7,10-12H2,(H,23,24)/t17-,18+/m1/s1. The quantitative estimate of drug-likeness (QED) is 0.844. The Hall–Kier alpha value is -2.34. The van der Waals surface area contributed by atoms with Crippen LogP contribution in [0.25, 0.3) is 0 Å². The Morgan fingerprint density at radius 1 is 1.19 bits per heavy atom. The van der Waals surface area contributed by atoms with Gasteiger partial charge in [0.2, 0.25) is 0 Å². The zero-order valence-corrected chi connectivity index (χ0v) is 15.2. The summed E-state index contributed by atoms with van der Waals surface area (Å²) in [5, 5.41) is 11.5. The number of amides is 1. The number of benzene rings is 1. The highest BCUT2D eigenvalue weighted by atomic mass is 32.1. The second-order valence-corrected chi connectivity index (χ2v) is 8.08. The number of thiophene rings is 1. The molecular formula is C20H21NO4S. The number of carbonyl (C=O) groups is 2. The van der Waals surface area contributed by atoms with Crippen LogP contribution in [-0.4, -0.2) is 35.0 Å². The summed E-state index contributed by atoms with van der Waals surface area (Å²) in [6, 6.07) is 11.1. The average molecular weight is 371 g/mol. The maximum Gasteiger partial charge on any atom is 0.308 e. The molecule has 136 valence electrons. The summed E-state index contributed by atoms with van der Waals surface area (Å²) < 4.78 is 5.78. The monoisotopic (exact) mass is 371 g/mol. The first-order valence-corrected chi connectivity index (χ1v) is 9.77. The summed E-state index contributed by atoms with van der Waals surface area (Å²) in [4.78, 5) is 27.2. The van der Waals surface area contributed by atoms with Crippen molar-refractivity contribution in [3.8, 4) is 5.75 Å². The van der Waals surface area contributed by atoms with Crippen LogP contribution in [0.4, 0.5) is 0 Å². The maximum absolute atomic E-state index is 12.9. The number of ether oxygens (including phenoxy) is 1. The van der Waals surface area contributed by atoms with Crippen molar-refractivity contribution >= 4 is 23.2 Å². The first kappa shape index (κ1) is 17.1. The normalized spacial score (nSPS) is 22.4. The highest BCUT2D eigenvalue weighted by molar-refractivity contribution is 7.09. The molecule has 1 saturated carbocycles. The maximum atomic E-state index is 12.9. The molecule has 5 nitrogen and oxygen atoms in total. The second kappa shape index (κ2) is 7.11. The Kier molecular flexibility index (Phi) is 4.68. The fraction of sp³-hybridized carbons (Fsp3) is 0.400. The molecule has 2 aromatic rings. The van der Waals surface area contributed by atoms with Crippen LogP contribution in [0, 0.1) is 17.8 Å².